The van der Waals surface area contributed by atoms with E-state index in [1.165, 1.54) is 41.0 Å². The van der Waals surface area contributed by atoms with Crippen molar-refractivity contribution < 1.29 is 4.79 Å². The molecule has 120 valence electrons. The first-order valence-electron chi connectivity index (χ1n) is 7.72. The lowest BCUT2D eigenvalue weighted by Crippen LogP contribution is -2.05. The molecule has 0 radical (unpaired) electrons. The van der Waals surface area contributed by atoms with Gasteiger partial charge >= 0.3 is 0 Å². The Bertz CT molecular complexity index is 606. The van der Waals surface area contributed by atoms with Gasteiger partial charge in [0.05, 0.1) is 10.7 Å². The molecule has 2 rings (SSSR count). The molecule has 0 bridgehead atoms. The van der Waals surface area contributed by atoms with Gasteiger partial charge in [0.15, 0.2) is 5.13 Å². The first-order chi connectivity index (χ1) is 10.6. The molecule has 0 fully saturated rings. The van der Waals surface area contributed by atoms with Gasteiger partial charge in [0, 0.05) is 29.8 Å². The highest BCUT2D eigenvalue weighted by molar-refractivity contribution is 7.14. The number of aromatic nitrogens is 2. The summed E-state index contributed by atoms with van der Waals surface area (Å²) in [7, 11) is 0. The summed E-state index contributed by atoms with van der Waals surface area (Å²) in [6, 6.07) is 0. The molecule has 0 aliphatic rings. The lowest BCUT2D eigenvalue weighted by Gasteiger charge is -2.06. The van der Waals surface area contributed by atoms with Crippen molar-refractivity contribution in [1.82, 2.24) is 9.97 Å². The summed E-state index contributed by atoms with van der Waals surface area (Å²) in [4.78, 5) is 21.3. The van der Waals surface area contributed by atoms with Gasteiger partial charge in [0.1, 0.15) is 0 Å². The van der Waals surface area contributed by atoms with Crippen LogP contribution in [-0.4, -0.2) is 15.9 Å². The van der Waals surface area contributed by atoms with Crippen LogP contribution in [0.2, 0.25) is 0 Å². The van der Waals surface area contributed by atoms with Crippen molar-refractivity contribution in [1.29, 1.82) is 0 Å². The van der Waals surface area contributed by atoms with Crippen molar-refractivity contribution >= 4 is 33.7 Å². The number of aryl methyl sites for hydroxylation is 2. The Morgan fingerprint density at radius 1 is 1.41 bits per heavy atom. The van der Waals surface area contributed by atoms with Crippen LogP contribution in [0, 0.1) is 5.92 Å². The molecule has 0 saturated carbocycles. The van der Waals surface area contributed by atoms with Crippen LogP contribution < -0.4 is 5.32 Å². The van der Waals surface area contributed by atoms with E-state index < -0.39 is 0 Å². The Morgan fingerprint density at radius 3 is 2.95 bits per heavy atom. The number of anilines is 1. The zero-order valence-electron chi connectivity index (χ0n) is 13.4. The van der Waals surface area contributed by atoms with Gasteiger partial charge in [-0.15, -0.1) is 22.7 Å². The second-order valence-corrected chi connectivity index (χ2v) is 7.70. The van der Waals surface area contributed by atoms with Crippen LogP contribution in [0.5, 0.6) is 0 Å². The summed E-state index contributed by atoms with van der Waals surface area (Å²) in [5.74, 6) is 0.636. The molecule has 1 unspecified atom stereocenters. The van der Waals surface area contributed by atoms with Gasteiger partial charge in [-0.3, -0.25) is 4.79 Å². The van der Waals surface area contributed by atoms with E-state index in [9.17, 15) is 4.79 Å². The lowest BCUT2D eigenvalue weighted by atomic mass is 10.0. The number of hydrogen-bond donors (Lipinski definition) is 1. The Balaban J connectivity index is 1.83. The standard InChI is InChI=1S/C16H23N3OS2/c1-4-5-11(2)8-15-17-9-14(22-15)7-6-13-10-21-16(19-13)18-12(3)20/h9-11H,4-8H2,1-3H3,(H,18,19,20). The van der Waals surface area contributed by atoms with Crippen LogP contribution in [0.3, 0.4) is 0 Å². The van der Waals surface area contributed by atoms with E-state index in [0.717, 1.165) is 25.0 Å². The smallest absolute Gasteiger partial charge is 0.223 e. The first kappa shape index (κ1) is 17.1. The molecule has 1 amide bonds. The highest BCUT2D eigenvalue weighted by atomic mass is 32.1. The molecular weight excluding hydrogens is 314 g/mol. The maximum absolute atomic E-state index is 11.0. The minimum atomic E-state index is -0.0748. The topological polar surface area (TPSA) is 54.9 Å². The number of amides is 1. The number of nitrogens with zero attached hydrogens (tertiary/aromatic N) is 2. The second-order valence-electron chi connectivity index (χ2n) is 5.64. The predicted molar refractivity (Wildman–Crippen MR) is 93.7 cm³/mol. The summed E-state index contributed by atoms with van der Waals surface area (Å²) in [6.45, 7) is 6.02. The molecule has 1 N–H and O–H groups in total. The number of thiazole rings is 2. The van der Waals surface area contributed by atoms with Crippen LogP contribution in [0.4, 0.5) is 5.13 Å². The fourth-order valence-corrected chi connectivity index (χ4v) is 4.21. The van der Waals surface area contributed by atoms with Crippen LogP contribution in [0.1, 0.15) is 49.2 Å². The van der Waals surface area contributed by atoms with Crippen molar-refractivity contribution in [2.75, 3.05) is 5.32 Å². The summed E-state index contributed by atoms with van der Waals surface area (Å²) < 4.78 is 0. The van der Waals surface area contributed by atoms with E-state index >= 15 is 0 Å². The Morgan fingerprint density at radius 2 is 2.23 bits per heavy atom. The highest BCUT2D eigenvalue weighted by Gasteiger charge is 2.09. The second kappa shape index (κ2) is 8.39. The van der Waals surface area contributed by atoms with Crippen LogP contribution in [0.25, 0.3) is 0 Å². The first-order valence-corrected chi connectivity index (χ1v) is 9.42. The SMILES string of the molecule is CCCC(C)Cc1ncc(CCc2csc(NC(C)=O)n2)s1. The van der Waals surface area contributed by atoms with Gasteiger partial charge < -0.3 is 5.32 Å². The van der Waals surface area contributed by atoms with Gasteiger partial charge in [-0.05, 0) is 18.8 Å². The number of carbonyl (C=O) groups excluding carboxylic acids is 1. The van der Waals surface area contributed by atoms with E-state index in [0.29, 0.717) is 11.0 Å². The summed E-state index contributed by atoms with van der Waals surface area (Å²) in [5, 5.41) is 6.66. The summed E-state index contributed by atoms with van der Waals surface area (Å²) in [5.41, 5.74) is 1.03. The molecule has 0 aliphatic heterocycles. The largest absolute Gasteiger partial charge is 0.302 e. The number of hydrogen-bond acceptors (Lipinski definition) is 5. The molecule has 6 heteroatoms. The predicted octanol–water partition coefficient (Wildman–Crippen LogP) is 4.32. The summed E-state index contributed by atoms with van der Waals surface area (Å²) >= 11 is 3.30. The van der Waals surface area contributed by atoms with Crippen molar-refractivity contribution in [3.63, 3.8) is 0 Å². The Labute approximate surface area is 140 Å². The molecule has 0 aromatic carbocycles. The minimum absolute atomic E-state index is 0.0748. The fourth-order valence-electron chi connectivity index (χ4n) is 2.33. The van der Waals surface area contributed by atoms with E-state index in [4.69, 9.17) is 0 Å². The van der Waals surface area contributed by atoms with E-state index in [2.05, 4.69) is 29.1 Å². The van der Waals surface area contributed by atoms with Crippen molar-refractivity contribution in [3.05, 3.63) is 27.2 Å². The van der Waals surface area contributed by atoms with Gasteiger partial charge in [0.25, 0.3) is 0 Å². The average Bonchev–Trinajstić information content (AvgIpc) is 3.05. The van der Waals surface area contributed by atoms with Gasteiger partial charge in [0.2, 0.25) is 5.91 Å². The lowest BCUT2D eigenvalue weighted by molar-refractivity contribution is -0.114. The normalized spacial score (nSPS) is 12.3. The molecule has 4 nitrogen and oxygen atoms in total. The summed E-state index contributed by atoms with van der Waals surface area (Å²) in [6.07, 6.45) is 7.44. The van der Waals surface area contributed by atoms with Crippen molar-refractivity contribution in [2.24, 2.45) is 5.92 Å². The Kier molecular flexibility index (Phi) is 6.51. The molecule has 0 aliphatic carbocycles. The third-order valence-corrected chi connectivity index (χ3v) is 5.25. The van der Waals surface area contributed by atoms with Gasteiger partial charge in [-0.2, -0.15) is 0 Å². The quantitative estimate of drug-likeness (QED) is 0.780. The van der Waals surface area contributed by atoms with Crippen LogP contribution in [0.15, 0.2) is 11.6 Å². The number of carbonyl (C=O) groups is 1. The van der Waals surface area contributed by atoms with Crippen molar-refractivity contribution in [3.8, 4) is 0 Å². The van der Waals surface area contributed by atoms with E-state index in [1.807, 2.05) is 22.9 Å². The van der Waals surface area contributed by atoms with Gasteiger partial charge in [-0.1, -0.05) is 26.7 Å². The Hall–Kier alpha value is -1.27. The number of rotatable bonds is 8. The maximum Gasteiger partial charge on any atom is 0.223 e. The van der Waals surface area contributed by atoms with E-state index in [-0.39, 0.29) is 5.91 Å². The molecule has 1 atom stereocenters. The van der Waals surface area contributed by atoms with Crippen LogP contribution in [-0.2, 0) is 24.1 Å². The molecule has 2 aromatic heterocycles. The molecule has 0 saturated heterocycles. The molecule has 0 spiro atoms. The van der Waals surface area contributed by atoms with Crippen LogP contribution >= 0.6 is 22.7 Å². The van der Waals surface area contributed by atoms with Gasteiger partial charge in [-0.25, -0.2) is 9.97 Å². The maximum atomic E-state index is 11.0. The highest BCUT2D eigenvalue weighted by Crippen LogP contribution is 2.21. The van der Waals surface area contributed by atoms with E-state index in [1.54, 1.807) is 0 Å². The zero-order valence-corrected chi connectivity index (χ0v) is 15.0. The molecule has 2 heterocycles. The molecule has 2 aromatic rings. The van der Waals surface area contributed by atoms with Crippen molar-refractivity contribution in [2.45, 2.75) is 52.9 Å². The zero-order chi connectivity index (χ0) is 15.9. The average molecular weight is 338 g/mol. The third kappa shape index (κ3) is 5.50. The molecular formula is C16H23N3OS2. The molecule has 22 heavy (non-hydrogen) atoms. The number of nitrogens with one attached hydrogen (secondary N) is 1. The monoisotopic (exact) mass is 337 g/mol. The minimum Gasteiger partial charge on any atom is -0.302 e. The fraction of sp³-hybridized carbons (Fsp3) is 0.562. The third-order valence-electron chi connectivity index (χ3n) is 3.37.